The number of hydrogen-bond acceptors (Lipinski definition) is 5. The lowest BCUT2D eigenvalue weighted by Gasteiger charge is -2.14. The van der Waals surface area contributed by atoms with E-state index in [-0.39, 0.29) is 6.04 Å². The maximum absolute atomic E-state index is 11.6. The van der Waals surface area contributed by atoms with Crippen LogP contribution in [0, 0.1) is 6.92 Å². The van der Waals surface area contributed by atoms with Crippen LogP contribution in [0.4, 0.5) is 5.69 Å². The number of aliphatic carboxylic acids is 1. The fraction of sp³-hybridized carbons (Fsp3) is 0.200. The van der Waals surface area contributed by atoms with Crippen molar-refractivity contribution in [1.82, 2.24) is 5.16 Å². The molecule has 2 N–H and O–H groups in total. The van der Waals surface area contributed by atoms with Crippen molar-refractivity contribution in [3.8, 4) is 22.5 Å². The summed E-state index contributed by atoms with van der Waals surface area (Å²) in [5, 5.41) is 18.7. The van der Waals surface area contributed by atoms with E-state index in [4.69, 9.17) is 4.52 Å². The van der Waals surface area contributed by atoms with Crippen molar-refractivity contribution in [2.75, 3.05) is 5.32 Å². The lowest BCUT2D eigenvalue weighted by Crippen LogP contribution is -2.19. The van der Waals surface area contributed by atoms with E-state index in [2.05, 4.69) is 59.9 Å². The topological polar surface area (TPSA) is 75.4 Å². The van der Waals surface area contributed by atoms with Gasteiger partial charge >= 0.3 is 5.97 Å². The smallest absolute Gasteiger partial charge is 0.314 e. The minimum atomic E-state index is -0.729. The molecule has 180 valence electrons. The Morgan fingerprint density at radius 1 is 1.00 bits per heavy atom. The van der Waals surface area contributed by atoms with E-state index in [1.54, 1.807) is 11.3 Å². The molecule has 0 aliphatic heterocycles. The number of fused-ring (bicyclic) bond motifs is 1. The molecule has 0 spiro atoms. The summed E-state index contributed by atoms with van der Waals surface area (Å²) >= 11 is 1.80. The predicted molar refractivity (Wildman–Crippen MR) is 145 cm³/mol. The predicted octanol–water partition coefficient (Wildman–Crippen LogP) is 7.82. The van der Waals surface area contributed by atoms with Crippen molar-refractivity contribution in [1.29, 1.82) is 0 Å². The molecule has 5 aromatic rings. The first-order valence-corrected chi connectivity index (χ1v) is 12.9. The highest BCUT2D eigenvalue weighted by Gasteiger charge is 2.51. The number of carboxylic acid groups (broad SMARTS) is 1. The lowest BCUT2D eigenvalue weighted by atomic mass is 9.93. The zero-order valence-corrected chi connectivity index (χ0v) is 20.9. The van der Waals surface area contributed by atoms with Crippen molar-refractivity contribution in [2.45, 2.75) is 38.1 Å². The summed E-state index contributed by atoms with van der Waals surface area (Å²) in [5.74, 6) is -0.00692. The number of thiophene rings is 1. The summed E-state index contributed by atoms with van der Waals surface area (Å²) < 4.78 is 7.02. The number of hydrogen-bond donors (Lipinski definition) is 2. The van der Waals surface area contributed by atoms with Crippen LogP contribution in [-0.2, 0) is 10.2 Å². The Balaban J connectivity index is 1.23. The molecule has 6 rings (SSSR count). The number of anilines is 1. The second-order valence-electron chi connectivity index (χ2n) is 9.57. The maximum Gasteiger partial charge on any atom is 0.314 e. The molecular formula is C30H26N2O3S. The second-order valence-corrected chi connectivity index (χ2v) is 10.7. The third-order valence-electron chi connectivity index (χ3n) is 7.17. The molecule has 2 aromatic heterocycles. The van der Waals surface area contributed by atoms with Gasteiger partial charge in [-0.15, -0.1) is 11.3 Å². The number of nitrogens with zero attached hydrogens (tertiary/aromatic N) is 1. The van der Waals surface area contributed by atoms with Crippen LogP contribution in [0.3, 0.4) is 0 Å². The molecule has 0 amide bonds. The van der Waals surface area contributed by atoms with E-state index in [1.807, 2.05) is 43.3 Å². The first-order valence-electron chi connectivity index (χ1n) is 12.1. The normalized spacial score (nSPS) is 15.1. The van der Waals surface area contributed by atoms with E-state index in [9.17, 15) is 9.90 Å². The number of rotatable bonds is 7. The van der Waals surface area contributed by atoms with Crippen LogP contribution in [-0.4, -0.2) is 16.2 Å². The molecule has 0 radical (unpaired) electrons. The zero-order valence-electron chi connectivity index (χ0n) is 20.1. The molecule has 2 heterocycles. The first kappa shape index (κ1) is 22.6. The monoisotopic (exact) mass is 494 g/mol. The average molecular weight is 495 g/mol. The standard InChI is InChI=1S/C30H26N2O3S/c1-18(26-17-23-5-3-4-6-25(23)36-26)31-27-19(2)32-35-28(27)22-9-7-20(8-10-22)21-11-13-24(14-12-21)30(15-16-30)29(33)34/h3-14,17-18,31H,15-16H2,1-2H3,(H,33,34). The molecule has 6 heteroatoms. The van der Waals surface area contributed by atoms with E-state index < -0.39 is 11.4 Å². The van der Waals surface area contributed by atoms with E-state index in [0.29, 0.717) is 12.8 Å². The zero-order chi connectivity index (χ0) is 24.9. The van der Waals surface area contributed by atoms with E-state index in [1.165, 1.54) is 15.0 Å². The SMILES string of the molecule is Cc1noc(-c2ccc(-c3ccc(C4(C(=O)O)CC4)cc3)cc2)c1NC(C)c1cc2ccccc2s1. The second kappa shape index (κ2) is 8.64. The quantitative estimate of drug-likeness (QED) is 0.241. The van der Waals surface area contributed by atoms with Gasteiger partial charge in [0.15, 0.2) is 5.76 Å². The van der Waals surface area contributed by atoms with Gasteiger partial charge in [-0.3, -0.25) is 4.79 Å². The Bertz CT molecular complexity index is 1530. The molecule has 0 bridgehead atoms. The van der Waals surface area contributed by atoms with Crippen molar-refractivity contribution in [3.05, 3.63) is 95.0 Å². The maximum atomic E-state index is 11.6. The van der Waals surface area contributed by atoms with Crippen LogP contribution in [0.2, 0.25) is 0 Å². The average Bonchev–Trinajstić information content (AvgIpc) is 3.48. The minimum Gasteiger partial charge on any atom is -0.481 e. The molecule has 1 atom stereocenters. The van der Waals surface area contributed by atoms with Crippen LogP contribution in [0.5, 0.6) is 0 Å². The minimum absolute atomic E-state index is 0.109. The summed E-state index contributed by atoms with van der Waals surface area (Å²) in [6, 6.07) is 26.9. The van der Waals surface area contributed by atoms with Gasteiger partial charge in [0.05, 0.1) is 11.5 Å². The number of benzene rings is 3. The third-order valence-corrected chi connectivity index (χ3v) is 8.47. The van der Waals surface area contributed by atoms with E-state index >= 15 is 0 Å². The highest BCUT2D eigenvalue weighted by atomic mass is 32.1. The van der Waals surface area contributed by atoms with Gasteiger partial charge < -0.3 is 14.9 Å². The molecule has 1 unspecified atom stereocenters. The van der Waals surface area contributed by atoms with Crippen molar-refractivity contribution in [2.24, 2.45) is 0 Å². The van der Waals surface area contributed by atoms with Gasteiger partial charge in [-0.1, -0.05) is 71.9 Å². The van der Waals surface area contributed by atoms with Gasteiger partial charge in [0.1, 0.15) is 11.4 Å². The van der Waals surface area contributed by atoms with Crippen LogP contribution in [0.15, 0.2) is 83.4 Å². The van der Waals surface area contributed by atoms with Gasteiger partial charge in [-0.2, -0.15) is 0 Å². The highest BCUT2D eigenvalue weighted by Crippen LogP contribution is 2.48. The summed E-state index contributed by atoms with van der Waals surface area (Å²) in [4.78, 5) is 12.9. The number of carbonyl (C=O) groups is 1. The first-order chi connectivity index (χ1) is 17.4. The van der Waals surface area contributed by atoms with Gasteiger partial charge in [-0.25, -0.2) is 0 Å². The Morgan fingerprint density at radius 2 is 1.64 bits per heavy atom. The fourth-order valence-electron chi connectivity index (χ4n) is 4.79. The molecule has 1 fully saturated rings. The number of carboxylic acids is 1. The summed E-state index contributed by atoms with van der Waals surface area (Å²) in [6.07, 6.45) is 1.43. The molecule has 1 aliphatic rings. The molecule has 1 aliphatic carbocycles. The van der Waals surface area contributed by atoms with Gasteiger partial charge in [-0.05, 0) is 60.9 Å². The number of aryl methyl sites for hydroxylation is 1. The van der Waals surface area contributed by atoms with Gasteiger partial charge in [0.25, 0.3) is 0 Å². The number of aromatic nitrogens is 1. The highest BCUT2D eigenvalue weighted by molar-refractivity contribution is 7.19. The third kappa shape index (κ3) is 3.88. The largest absolute Gasteiger partial charge is 0.481 e. The summed E-state index contributed by atoms with van der Waals surface area (Å²) in [7, 11) is 0. The van der Waals surface area contributed by atoms with Crippen molar-refractivity contribution < 1.29 is 14.4 Å². The Kier molecular flexibility index (Phi) is 5.41. The van der Waals surface area contributed by atoms with Crippen molar-refractivity contribution >= 4 is 33.1 Å². The summed E-state index contributed by atoms with van der Waals surface area (Å²) in [6.45, 7) is 4.11. The van der Waals surface area contributed by atoms with E-state index in [0.717, 1.165) is 39.4 Å². The van der Waals surface area contributed by atoms with Gasteiger partial charge in [0.2, 0.25) is 0 Å². The molecule has 3 aromatic carbocycles. The van der Waals surface area contributed by atoms with Crippen LogP contribution >= 0.6 is 11.3 Å². The molecular weight excluding hydrogens is 468 g/mol. The Labute approximate surface area is 213 Å². The fourth-order valence-corrected chi connectivity index (χ4v) is 5.85. The molecule has 0 saturated heterocycles. The van der Waals surface area contributed by atoms with Gasteiger partial charge in [0, 0.05) is 15.1 Å². The van der Waals surface area contributed by atoms with Crippen LogP contribution in [0.25, 0.3) is 32.5 Å². The Hall–Kier alpha value is -3.90. The van der Waals surface area contributed by atoms with Crippen molar-refractivity contribution in [3.63, 3.8) is 0 Å². The Morgan fingerprint density at radius 3 is 2.28 bits per heavy atom. The molecule has 5 nitrogen and oxygen atoms in total. The lowest BCUT2D eigenvalue weighted by molar-refractivity contribution is -0.140. The summed E-state index contributed by atoms with van der Waals surface area (Å²) in [5.41, 5.74) is 5.00. The van der Waals surface area contributed by atoms with Crippen LogP contribution in [0.1, 0.15) is 41.9 Å². The van der Waals surface area contributed by atoms with Crippen LogP contribution < -0.4 is 5.32 Å². The number of nitrogens with one attached hydrogen (secondary N) is 1. The molecule has 36 heavy (non-hydrogen) atoms. The molecule has 1 saturated carbocycles.